The maximum atomic E-state index is 12.0. The standard InChI is InChI=1S/3C6F5.Al/c3*7-2-1-3(8)5(10)6(11)4(2)9;/q3*-1;+3. The van der Waals surface area contributed by atoms with Gasteiger partial charge < -0.3 is 0 Å². The summed E-state index contributed by atoms with van der Waals surface area (Å²) in [7, 11) is 0. The third-order valence-corrected chi connectivity index (χ3v) is 2.97. The summed E-state index contributed by atoms with van der Waals surface area (Å²) in [5.41, 5.74) is 0. The maximum Gasteiger partial charge on any atom is 3.00 e. The molecule has 0 N–H and O–H groups in total. The monoisotopic (exact) mass is 528 g/mol. The summed E-state index contributed by atoms with van der Waals surface area (Å²) in [6.45, 7) is 0. The third kappa shape index (κ3) is 7.07. The van der Waals surface area contributed by atoms with Gasteiger partial charge in [-0.05, 0) is 0 Å². The molecule has 0 bridgehead atoms. The number of hydrogen-bond donors (Lipinski definition) is 0. The molecule has 0 aliphatic heterocycles. The smallest absolute Gasteiger partial charge is 0.278 e. The van der Waals surface area contributed by atoms with Crippen molar-refractivity contribution in [1.82, 2.24) is 0 Å². The minimum absolute atomic E-state index is 0. The van der Waals surface area contributed by atoms with Crippen LogP contribution in [0.2, 0.25) is 0 Å². The second kappa shape index (κ2) is 12.6. The zero-order valence-corrected chi connectivity index (χ0v) is 16.4. The molecule has 0 aliphatic carbocycles. The first-order chi connectivity index (χ1) is 15.1. The summed E-state index contributed by atoms with van der Waals surface area (Å²) in [6, 6.07) is 3.07. The zero-order chi connectivity index (χ0) is 25.8. The Hall–Kier alpha value is -2.86. The van der Waals surface area contributed by atoms with Crippen molar-refractivity contribution in [2.45, 2.75) is 0 Å². The zero-order valence-electron chi connectivity index (χ0n) is 15.2. The first-order valence-electron chi connectivity index (χ1n) is 7.33. The summed E-state index contributed by atoms with van der Waals surface area (Å²) in [5.74, 6) is -30.1. The number of benzene rings is 3. The average Bonchev–Trinajstić information content (AvgIpc) is 2.77. The van der Waals surface area contributed by atoms with Gasteiger partial charge in [0.05, 0.1) is 87.3 Å². The van der Waals surface area contributed by atoms with E-state index in [0.717, 1.165) is 18.2 Å². The van der Waals surface area contributed by atoms with Gasteiger partial charge in [-0.2, -0.15) is 0 Å². The second-order valence-corrected chi connectivity index (χ2v) is 5.08. The van der Waals surface area contributed by atoms with E-state index < -0.39 is 87.3 Å². The SMILES string of the molecule is Fc1[c-]c(F)c(F)c(F)c1F.Fc1[c-]c(F)c(F)c(F)c1F.Fc1[c-]c(F)c(F)c(F)c1F.[Al+3]. The van der Waals surface area contributed by atoms with Crippen LogP contribution in [0.15, 0.2) is 0 Å². The Bertz CT molecular complexity index is 955. The van der Waals surface area contributed by atoms with E-state index in [2.05, 4.69) is 0 Å². The van der Waals surface area contributed by atoms with Crippen LogP contribution in [-0.2, 0) is 0 Å². The molecule has 0 spiro atoms. The summed E-state index contributed by atoms with van der Waals surface area (Å²) in [4.78, 5) is 0. The van der Waals surface area contributed by atoms with Crippen molar-refractivity contribution in [3.63, 3.8) is 0 Å². The van der Waals surface area contributed by atoms with E-state index in [9.17, 15) is 65.9 Å². The summed E-state index contributed by atoms with van der Waals surface area (Å²) >= 11 is 0. The van der Waals surface area contributed by atoms with Crippen molar-refractivity contribution in [1.29, 1.82) is 0 Å². The van der Waals surface area contributed by atoms with Gasteiger partial charge in [-0.1, -0.05) is 0 Å². The van der Waals surface area contributed by atoms with Gasteiger partial charge in [0.25, 0.3) is 0 Å². The van der Waals surface area contributed by atoms with E-state index in [1.807, 2.05) is 0 Å². The number of rotatable bonds is 0. The van der Waals surface area contributed by atoms with Crippen LogP contribution in [0.1, 0.15) is 0 Å². The Labute approximate surface area is 189 Å². The molecule has 3 aromatic rings. The van der Waals surface area contributed by atoms with Crippen molar-refractivity contribution in [2.75, 3.05) is 0 Å². The van der Waals surface area contributed by atoms with Crippen LogP contribution >= 0.6 is 0 Å². The van der Waals surface area contributed by atoms with Gasteiger partial charge in [0.15, 0.2) is 0 Å². The van der Waals surface area contributed by atoms with Gasteiger partial charge in [-0.15, -0.1) is 18.2 Å². The molecule has 0 fully saturated rings. The van der Waals surface area contributed by atoms with E-state index in [-0.39, 0.29) is 17.4 Å². The molecule has 0 radical (unpaired) electrons. The van der Waals surface area contributed by atoms with Crippen LogP contribution in [0.25, 0.3) is 0 Å². The van der Waals surface area contributed by atoms with Gasteiger partial charge in [-0.3, -0.25) is 26.3 Å². The molecule has 0 aromatic heterocycles. The largest absolute Gasteiger partial charge is 3.00 e. The molecular formula is C18AlF15. The quantitative estimate of drug-likeness (QED) is 0.108. The molecule has 0 saturated heterocycles. The molecule has 180 valence electrons. The number of halogens is 15. The minimum atomic E-state index is -2.17. The van der Waals surface area contributed by atoms with E-state index in [0.29, 0.717) is 0 Å². The van der Waals surface area contributed by atoms with E-state index in [4.69, 9.17) is 0 Å². The van der Waals surface area contributed by atoms with Gasteiger partial charge in [0.1, 0.15) is 0 Å². The van der Waals surface area contributed by atoms with Crippen LogP contribution in [0, 0.1) is 105 Å². The first kappa shape index (κ1) is 31.1. The molecule has 0 saturated carbocycles. The summed E-state index contributed by atoms with van der Waals surface area (Å²) < 4.78 is 180. The molecule has 0 amide bonds. The molecule has 0 unspecified atom stereocenters. The fourth-order valence-corrected chi connectivity index (χ4v) is 1.49. The Morgan fingerprint density at radius 2 is 0.353 bits per heavy atom. The van der Waals surface area contributed by atoms with Gasteiger partial charge in [-0.25, -0.2) is 39.5 Å². The molecule has 0 atom stereocenters. The van der Waals surface area contributed by atoms with Crippen molar-refractivity contribution >= 4 is 17.4 Å². The van der Waals surface area contributed by atoms with Crippen molar-refractivity contribution < 1.29 is 65.9 Å². The minimum Gasteiger partial charge on any atom is -0.278 e. The van der Waals surface area contributed by atoms with Crippen LogP contribution in [0.5, 0.6) is 0 Å². The number of hydrogen-bond acceptors (Lipinski definition) is 0. The predicted octanol–water partition coefficient (Wildman–Crippen LogP) is 6.17. The van der Waals surface area contributed by atoms with Crippen LogP contribution in [0.4, 0.5) is 65.9 Å². The van der Waals surface area contributed by atoms with Gasteiger partial charge >= 0.3 is 17.4 Å². The fourth-order valence-electron chi connectivity index (χ4n) is 1.49. The molecular weight excluding hydrogens is 528 g/mol. The normalized spacial score (nSPS) is 9.97. The molecule has 0 nitrogen and oxygen atoms in total. The first-order valence-corrected chi connectivity index (χ1v) is 7.33. The topological polar surface area (TPSA) is 0 Å². The Morgan fingerprint density at radius 3 is 0.471 bits per heavy atom. The van der Waals surface area contributed by atoms with E-state index in [1.165, 1.54) is 0 Å². The molecule has 16 heteroatoms. The predicted molar refractivity (Wildman–Crippen MR) is 81.0 cm³/mol. The average molecular weight is 528 g/mol. The summed E-state index contributed by atoms with van der Waals surface area (Å²) in [5, 5.41) is 0. The molecule has 3 rings (SSSR count). The second-order valence-electron chi connectivity index (χ2n) is 5.08. The third-order valence-electron chi connectivity index (χ3n) is 2.97. The van der Waals surface area contributed by atoms with Crippen LogP contribution in [0.3, 0.4) is 0 Å². The van der Waals surface area contributed by atoms with Gasteiger partial charge in [0.2, 0.25) is 0 Å². The van der Waals surface area contributed by atoms with Crippen molar-refractivity contribution in [2.24, 2.45) is 0 Å². The maximum absolute atomic E-state index is 12.0. The Balaban J connectivity index is 0.000000473. The molecule has 0 aliphatic rings. The molecule has 3 aromatic carbocycles. The summed E-state index contributed by atoms with van der Waals surface area (Å²) in [6.07, 6.45) is 0. The van der Waals surface area contributed by atoms with Gasteiger partial charge in [0, 0.05) is 0 Å². The van der Waals surface area contributed by atoms with Crippen molar-refractivity contribution in [3.05, 3.63) is 105 Å². The van der Waals surface area contributed by atoms with Crippen molar-refractivity contribution in [3.8, 4) is 0 Å². The Morgan fingerprint density at radius 1 is 0.235 bits per heavy atom. The van der Waals surface area contributed by atoms with E-state index >= 15 is 0 Å². The molecule has 0 heterocycles. The fraction of sp³-hybridized carbons (Fsp3) is 0. The molecule has 34 heavy (non-hydrogen) atoms. The van der Waals surface area contributed by atoms with Crippen LogP contribution < -0.4 is 0 Å². The van der Waals surface area contributed by atoms with E-state index in [1.54, 1.807) is 0 Å². The van der Waals surface area contributed by atoms with Crippen LogP contribution in [-0.4, -0.2) is 17.4 Å². The Kier molecular flexibility index (Phi) is 11.5.